The Bertz CT molecular complexity index is 1280. The number of anilines is 2. The van der Waals surface area contributed by atoms with Gasteiger partial charge >= 0.3 is 0 Å². The summed E-state index contributed by atoms with van der Waals surface area (Å²) in [6.45, 7) is 2.64. The second kappa shape index (κ2) is 11.2. The van der Waals surface area contributed by atoms with Crippen molar-refractivity contribution >= 4 is 45.7 Å². The number of hydrazone groups is 2. The molecule has 3 rings (SSSR count). The highest BCUT2D eigenvalue weighted by atomic mass is 16.6. The summed E-state index contributed by atoms with van der Waals surface area (Å²) < 4.78 is 0. The van der Waals surface area contributed by atoms with Crippen LogP contribution in [0.3, 0.4) is 0 Å². The first-order valence-electron chi connectivity index (χ1n) is 10.5. The molecule has 0 bridgehead atoms. The number of carbonyl (C=O) groups is 2. The fourth-order valence-corrected chi connectivity index (χ4v) is 3.06. The monoisotopic (exact) mass is 488 g/mol. The van der Waals surface area contributed by atoms with Gasteiger partial charge in [-0.25, -0.2) is 0 Å². The molecule has 3 aromatic carbocycles. The van der Waals surface area contributed by atoms with E-state index in [1.54, 1.807) is 60.7 Å². The Morgan fingerprint density at radius 3 is 1.36 bits per heavy atom. The summed E-state index contributed by atoms with van der Waals surface area (Å²) >= 11 is 0. The third-order valence-electron chi connectivity index (χ3n) is 4.91. The van der Waals surface area contributed by atoms with Crippen LogP contribution < -0.4 is 10.9 Å². The van der Waals surface area contributed by atoms with Gasteiger partial charge in [0.05, 0.1) is 27.3 Å². The van der Waals surface area contributed by atoms with Crippen molar-refractivity contribution in [1.29, 1.82) is 0 Å². The molecule has 0 spiro atoms. The lowest BCUT2D eigenvalue weighted by molar-refractivity contribution is -0.394. The maximum Gasteiger partial charge on any atom is 0.287 e. The lowest BCUT2D eigenvalue weighted by atomic mass is 9.97. The first kappa shape index (κ1) is 25.4. The summed E-state index contributed by atoms with van der Waals surface area (Å²) in [7, 11) is 0. The molecule has 0 heterocycles. The number of ketones is 2. The van der Waals surface area contributed by atoms with Crippen molar-refractivity contribution in [1.82, 2.24) is 0 Å². The molecule has 2 N–H and O–H groups in total. The van der Waals surface area contributed by atoms with Crippen LogP contribution in [-0.2, 0) is 0 Å². The highest BCUT2D eigenvalue weighted by Gasteiger charge is 2.32. The minimum absolute atomic E-state index is 0.162. The number of Topliss-reactive ketones (excluding diaryl/α,β-unsaturated/α-hetero) is 2. The predicted octanol–water partition coefficient (Wildman–Crippen LogP) is 4.84. The van der Waals surface area contributed by atoms with Crippen LogP contribution in [-0.4, -0.2) is 32.8 Å². The number of nitrogens with one attached hydrogen (secondary N) is 2. The number of nitro benzene ring substituents is 2. The molecule has 0 unspecified atom stereocenters. The highest BCUT2D eigenvalue weighted by Crippen LogP contribution is 2.30. The molecule has 0 fully saturated rings. The summed E-state index contributed by atoms with van der Waals surface area (Å²) in [5.41, 5.74) is 3.43. The Balaban J connectivity index is 2.01. The van der Waals surface area contributed by atoms with E-state index in [1.165, 1.54) is 13.8 Å². The lowest BCUT2D eigenvalue weighted by Crippen LogP contribution is -2.19. The molecule has 0 aromatic heterocycles. The minimum Gasteiger partial charge on any atom is -0.287 e. The molecule has 36 heavy (non-hydrogen) atoms. The average molecular weight is 488 g/mol. The summed E-state index contributed by atoms with van der Waals surface area (Å²) in [5, 5.41) is 31.2. The molecule has 0 aliphatic rings. The minimum atomic E-state index is -0.926. The number of carbonyl (C=O) groups excluding carboxylic acids is 2. The van der Waals surface area contributed by atoms with E-state index in [4.69, 9.17) is 0 Å². The summed E-state index contributed by atoms with van der Waals surface area (Å²) in [6, 6.07) is 18.7. The van der Waals surface area contributed by atoms with Crippen LogP contribution in [0.2, 0.25) is 0 Å². The van der Waals surface area contributed by atoms with E-state index in [0.29, 0.717) is 17.4 Å². The second-order valence-electron chi connectivity index (χ2n) is 7.41. The van der Waals surface area contributed by atoms with Crippen LogP contribution in [0.25, 0.3) is 0 Å². The molecular weight excluding hydrogens is 468 g/mol. The Morgan fingerprint density at radius 1 is 0.667 bits per heavy atom. The standard InChI is InChI=1S/C24H20N6O6/c1-15(25-27-17-9-5-3-6-10-17)23(31)19-13-20(22(30(35)36)14-21(19)29(33)34)24(32)16(2)26-28-18-11-7-4-8-12-18/h3-14,27-28H,1-2H3/b25-15+,26-16?. The number of hydrogen-bond donors (Lipinski definition) is 2. The maximum absolute atomic E-state index is 13.0. The molecule has 0 amide bonds. The van der Waals surface area contributed by atoms with Gasteiger partial charge in [-0.05, 0) is 44.2 Å². The SMILES string of the molecule is CC(=NNc1ccccc1)C(=O)c1cc(C(=O)/C(C)=N/Nc2ccccc2)c([N+](=O)[O-])cc1[N+](=O)[O-]. The largest absolute Gasteiger partial charge is 0.287 e. The number of para-hydroxylation sites is 2. The van der Waals surface area contributed by atoms with E-state index in [-0.39, 0.29) is 11.4 Å². The maximum atomic E-state index is 13.0. The Hall–Kier alpha value is -5.26. The van der Waals surface area contributed by atoms with Gasteiger partial charge in [0, 0.05) is 0 Å². The zero-order valence-corrected chi connectivity index (χ0v) is 19.2. The van der Waals surface area contributed by atoms with E-state index in [1.807, 2.05) is 0 Å². The first-order valence-corrected chi connectivity index (χ1v) is 10.5. The van der Waals surface area contributed by atoms with Gasteiger partial charge in [-0.1, -0.05) is 36.4 Å². The zero-order chi connectivity index (χ0) is 26.2. The fraction of sp³-hybridized carbons (Fsp3) is 0.0833. The van der Waals surface area contributed by atoms with Gasteiger partial charge in [0.25, 0.3) is 11.4 Å². The van der Waals surface area contributed by atoms with Gasteiger partial charge in [0.15, 0.2) is 0 Å². The normalized spacial score (nSPS) is 11.5. The number of nitrogens with zero attached hydrogens (tertiary/aromatic N) is 4. The van der Waals surface area contributed by atoms with E-state index < -0.39 is 43.9 Å². The fourth-order valence-electron chi connectivity index (χ4n) is 3.06. The molecule has 0 saturated carbocycles. The van der Waals surface area contributed by atoms with Crippen LogP contribution >= 0.6 is 0 Å². The molecule has 12 heteroatoms. The van der Waals surface area contributed by atoms with Crippen LogP contribution in [0.15, 0.2) is 83.0 Å². The van der Waals surface area contributed by atoms with E-state index >= 15 is 0 Å². The van der Waals surface area contributed by atoms with Gasteiger partial charge in [0.1, 0.15) is 22.6 Å². The topological polar surface area (TPSA) is 169 Å². The number of rotatable bonds is 10. The Morgan fingerprint density at radius 2 is 1.03 bits per heavy atom. The van der Waals surface area contributed by atoms with Gasteiger partial charge in [-0.2, -0.15) is 10.2 Å². The molecular formula is C24H20N6O6. The van der Waals surface area contributed by atoms with Crippen molar-refractivity contribution in [3.8, 4) is 0 Å². The van der Waals surface area contributed by atoms with E-state index in [0.717, 1.165) is 6.07 Å². The van der Waals surface area contributed by atoms with Crippen molar-refractivity contribution in [2.24, 2.45) is 10.2 Å². The highest BCUT2D eigenvalue weighted by molar-refractivity contribution is 6.48. The second-order valence-corrected chi connectivity index (χ2v) is 7.41. The third-order valence-corrected chi connectivity index (χ3v) is 4.91. The lowest BCUT2D eigenvalue weighted by Gasteiger charge is -2.08. The van der Waals surface area contributed by atoms with E-state index in [2.05, 4.69) is 21.1 Å². The Labute approximate surface area is 204 Å². The molecule has 0 radical (unpaired) electrons. The van der Waals surface area contributed by atoms with Crippen molar-refractivity contribution in [3.05, 3.63) is 104 Å². The number of hydrogen-bond acceptors (Lipinski definition) is 10. The van der Waals surface area contributed by atoms with Crippen molar-refractivity contribution < 1.29 is 19.4 Å². The van der Waals surface area contributed by atoms with Gasteiger partial charge in [-0.3, -0.25) is 40.7 Å². The summed E-state index contributed by atoms with van der Waals surface area (Å²) in [5.74, 6) is -1.77. The van der Waals surface area contributed by atoms with Gasteiger partial charge in [-0.15, -0.1) is 0 Å². The predicted molar refractivity (Wildman–Crippen MR) is 135 cm³/mol. The van der Waals surface area contributed by atoms with Crippen LogP contribution in [0.1, 0.15) is 34.6 Å². The zero-order valence-electron chi connectivity index (χ0n) is 19.2. The molecule has 0 saturated heterocycles. The number of nitro groups is 2. The molecule has 0 aliphatic heterocycles. The van der Waals surface area contributed by atoms with Gasteiger partial charge < -0.3 is 0 Å². The molecule has 12 nitrogen and oxygen atoms in total. The number of benzene rings is 3. The average Bonchev–Trinajstić information content (AvgIpc) is 2.89. The van der Waals surface area contributed by atoms with Gasteiger partial charge in [0.2, 0.25) is 11.6 Å². The van der Waals surface area contributed by atoms with Crippen LogP contribution in [0.4, 0.5) is 22.7 Å². The third kappa shape index (κ3) is 5.99. The smallest absolute Gasteiger partial charge is 0.287 e. The van der Waals surface area contributed by atoms with Crippen molar-refractivity contribution in [3.63, 3.8) is 0 Å². The van der Waals surface area contributed by atoms with Crippen LogP contribution in [0.5, 0.6) is 0 Å². The summed E-state index contributed by atoms with van der Waals surface area (Å²) in [6.07, 6.45) is 0. The first-order chi connectivity index (χ1) is 17.2. The molecule has 182 valence electrons. The van der Waals surface area contributed by atoms with Crippen LogP contribution in [0, 0.1) is 20.2 Å². The molecule has 3 aromatic rings. The van der Waals surface area contributed by atoms with Crippen molar-refractivity contribution in [2.75, 3.05) is 10.9 Å². The molecule has 0 aliphatic carbocycles. The van der Waals surface area contributed by atoms with E-state index in [9.17, 15) is 29.8 Å². The van der Waals surface area contributed by atoms with Crippen molar-refractivity contribution in [2.45, 2.75) is 13.8 Å². The quantitative estimate of drug-likeness (QED) is 0.177. The Kier molecular flexibility index (Phi) is 7.92. The summed E-state index contributed by atoms with van der Waals surface area (Å²) in [4.78, 5) is 47.5. The molecule has 0 atom stereocenters.